The summed E-state index contributed by atoms with van der Waals surface area (Å²) in [6.07, 6.45) is 1.39. The second-order valence-electron chi connectivity index (χ2n) is 5.73. The Morgan fingerprint density at radius 3 is 2.86 bits per heavy atom. The van der Waals surface area contributed by atoms with E-state index in [9.17, 15) is 15.2 Å². The molecule has 0 bridgehead atoms. The van der Waals surface area contributed by atoms with E-state index in [4.69, 9.17) is 14.2 Å². The Morgan fingerprint density at radius 2 is 2.21 bits per heavy atom. The smallest absolute Gasteiger partial charge is 0.278 e. The summed E-state index contributed by atoms with van der Waals surface area (Å²) < 4.78 is 16.2. The van der Waals surface area contributed by atoms with E-state index in [0.29, 0.717) is 21.3 Å². The first-order valence-electron chi connectivity index (χ1n) is 8.31. The van der Waals surface area contributed by atoms with Gasteiger partial charge in [0.15, 0.2) is 18.1 Å². The number of amides is 1. The second kappa shape index (κ2) is 10.4. The van der Waals surface area contributed by atoms with Crippen molar-refractivity contribution >= 4 is 28.1 Å². The van der Waals surface area contributed by atoms with Crippen molar-refractivity contribution in [3.63, 3.8) is 0 Å². The van der Waals surface area contributed by atoms with Gasteiger partial charge in [0.25, 0.3) is 5.91 Å². The van der Waals surface area contributed by atoms with Crippen LogP contribution in [0.1, 0.15) is 22.4 Å². The van der Waals surface area contributed by atoms with Gasteiger partial charge in [0.2, 0.25) is 5.88 Å². The monoisotopic (exact) mass is 462 g/mol. The number of carbonyl (C=O) groups excluding carboxylic acids is 1. The number of nitrogens with one attached hydrogen (secondary N) is 1. The SMILES string of the molecule is COCc1c(Br)c(C)nc(OCC(=O)N/N=C\c2ccc(O)c(OC)c2)c1C#N. The number of phenols is 1. The fourth-order valence-electron chi connectivity index (χ4n) is 2.33. The van der Waals surface area contributed by atoms with E-state index in [2.05, 4.69) is 31.4 Å². The number of aromatic hydroxyl groups is 1. The third kappa shape index (κ3) is 5.66. The number of methoxy groups -OCH3 is 2. The lowest BCUT2D eigenvalue weighted by atomic mass is 10.1. The van der Waals surface area contributed by atoms with Crippen LogP contribution in [-0.4, -0.2) is 43.0 Å². The van der Waals surface area contributed by atoms with Crippen LogP contribution in [-0.2, 0) is 16.1 Å². The zero-order valence-electron chi connectivity index (χ0n) is 16.0. The summed E-state index contributed by atoms with van der Waals surface area (Å²) in [4.78, 5) is 16.2. The molecule has 1 aromatic carbocycles. The highest BCUT2D eigenvalue weighted by Crippen LogP contribution is 2.30. The number of rotatable bonds is 8. The third-order valence-corrected chi connectivity index (χ3v) is 4.77. The number of aryl methyl sites for hydroxylation is 1. The molecular weight excluding hydrogens is 444 g/mol. The standard InChI is InChI=1S/C19H19BrN4O5/c1-11-18(20)14(9-27-2)13(7-21)19(23-11)29-10-17(26)24-22-8-12-4-5-15(25)16(6-12)28-3/h4-6,8,25H,9-10H2,1-3H3,(H,24,26)/b22-8-. The normalized spacial score (nSPS) is 10.6. The Balaban J connectivity index is 2.03. The molecule has 152 valence electrons. The van der Waals surface area contributed by atoms with Crippen LogP contribution in [0, 0.1) is 18.3 Å². The van der Waals surface area contributed by atoms with E-state index in [1.54, 1.807) is 19.1 Å². The maximum absolute atomic E-state index is 12.0. The highest BCUT2D eigenvalue weighted by Gasteiger charge is 2.18. The average Bonchev–Trinajstić information content (AvgIpc) is 2.71. The Bertz CT molecular complexity index is 972. The number of carbonyl (C=O) groups is 1. The molecule has 1 heterocycles. The molecule has 0 aliphatic rings. The van der Waals surface area contributed by atoms with E-state index in [0.717, 1.165) is 0 Å². The van der Waals surface area contributed by atoms with Crippen LogP contribution in [0.4, 0.5) is 0 Å². The first-order valence-corrected chi connectivity index (χ1v) is 9.10. The van der Waals surface area contributed by atoms with Crippen molar-refractivity contribution in [1.82, 2.24) is 10.4 Å². The minimum atomic E-state index is -0.536. The van der Waals surface area contributed by atoms with Crippen LogP contribution in [0.15, 0.2) is 27.8 Å². The molecule has 0 saturated carbocycles. The van der Waals surface area contributed by atoms with Gasteiger partial charge in [-0.05, 0) is 46.6 Å². The molecule has 0 aliphatic carbocycles. The maximum Gasteiger partial charge on any atom is 0.278 e. The first-order chi connectivity index (χ1) is 13.9. The predicted molar refractivity (Wildman–Crippen MR) is 108 cm³/mol. The molecule has 0 aliphatic heterocycles. The largest absolute Gasteiger partial charge is 0.504 e. The van der Waals surface area contributed by atoms with Gasteiger partial charge >= 0.3 is 0 Å². The molecule has 2 N–H and O–H groups in total. The molecular formula is C19H19BrN4O5. The maximum atomic E-state index is 12.0. The molecule has 2 rings (SSSR count). The van der Waals surface area contributed by atoms with Crippen molar-refractivity contribution in [3.05, 3.63) is 45.1 Å². The number of hydrogen-bond donors (Lipinski definition) is 2. The van der Waals surface area contributed by atoms with Crippen molar-refractivity contribution < 1.29 is 24.1 Å². The van der Waals surface area contributed by atoms with Crippen molar-refractivity contribution in [1.29, 1.82) is 5.26 Å². The van der Waals surface area contributed by atoms with E-state index < -0.39 is 5.91 Å². The number of aromatic nitrogens is 1. The van der Waals surface area contributed by atoms with Crippen LogP contribution in [0.5, 0.6) is 17.4 Å². The average molecular weight is 463 g/mol. The Hall–Kier alpha value is -3.16. The highest BCUT2D eigenvalue weighted by molar-refractivity contribution is 9.10. The lowest BCUT2D eigenvalue weighted by Gasteiger charge is -2.13. The van der Waals surface area contributed by atoms with Gasteiger partial charge in [0.1, 0.15) is 11.6 Å². The summed E-state index contributed by atoms with van der Waals surface area (Å²) in [7, 11) is 2.94. The van der Waals surface area contributed by atoms with Crippen LogP contribution in [0.25, 0.3) is 0 Å². The number of nitrogens with zero attached hydrogens (tertiary/aromatic N) is 3. The van der Waals surface area contributed by atoms with Gasteiger partial charge in [0, 0.05) is 17.1 Å². The summed E-state index contributed by atoms with van der Waals surface area (Å²) in [5.41, 5.74) is 4.32. The Kier molecular flexibility index (Phi) is 7.94. The molecule has 0 spiro atoms. The zero-order valence-corrected chi connectivity index (χ0v) is 17.6. The molecule has 2 aromatic rings. The molecule has 1 amide bonds. The van der Waals surface area contributed by atoms with Gasteiger partial charge in [-0.15, -0.1) is 0 Å². The zero-order chi connectivity index (χ0) is 21.4. The fourth-order valence-corrected chi connectivity index (χ4v) is 2.73. The third-order valence-electron chi connectivity index (χ3n) is 3.71. The second-order valence-corrected chi connectivity index (χ2v) is 6.52. The molecule has 29 heavy (non-hydrogen) atoms. The van der Waals surface area contributed by atoms with Crippen molar-refractivity contribution in [3.8, 4) is 23.4 Å². The molecule has 0 fully saturated rings. The Morgan fingerprint density at radius 1 is 1.45 bits per heavy atom. The number of hydrazone groups is 1. The van der Waals surface area contributed by atoms with E-state index >= 15 is 0 Å². The van der Waals surface area contributed by atoms with Crippen LogP contribution in [0.3, 0.4) is 0 Å². The molecule has 1 aromatic heterocycles. The molecule has 9 nitrogen and oxygen atoms in total. The number of pyridine rings is 1. The molecule has 0 radical (unpaired) electrons. The number of nitriles is 1. The first kappa shape index (κ1) is 22.1. The van der Waals surface area contributed by atoms with Gasteiger partial charge in [-0.1, -0.05) is 0 Å². The van der Waals surface area contributed by atoms with Crippen LogP contribution < -0.4 is 14.9 Å². The lowest BCUT2D eigenvalue weighted by Crippen LogP contribution is -2.25. The number of hydrogen-bond acceptors (Lipinski definition) is 8. The van der Waals surface area contributed by atoms with Gasteiger partial charge in [-0.3, -0.25) is 4.79 Å². The van der Waals surface area contributed by atoms with E-state index in [1.807, 2.05) is 6.07 Å². The molecule has 0 atom stereocenters. The van der Waals surface area contributed by atoms with Gasteiger partial charge in [-0.2, -0.15) is 10.4 Å². The quantitative estimate of drug-likeness (QED) is 0.455. The highest BCUT2D eigenvalue weighted by atomic mass is 79.9. The number of ether oxygens (including phenoxy) is 3. The lowest BCUT2D eigenvalue weighted by molar-refractivity contribution is -0.123. The molecule has 0 saturated heterocycles. The van der Waals surface area contributed by atoms with Crippen molar-refractivity contribution in [2.45, 2.75) is 13.5 Å². The molecule has 0 unspecified atom stereocenters. The molecule has 10 heteroatoms. The van der Waals surface area contributed by atoms with Crippen LogP contribution in [0.2, 0.25) is 0 Å². The van der Waals surface area contributed by atoms with E-state index in [1.165, 1.54) is 26.5 Å². The number of benzene rings is 1. The minimum absolute atomic E-state index is 0.000478. The summed E-state index contributed by atoms with van der Waals surface area (Å²) in [6, 6.07) is 6.65. The number of halogens is 1. The van der Waals surface area contributed by atoms with Gasteiger partial charge in [0.05, 0.1) is 25.6 Å². The summed E-state index contributed by atoms with van der Waals surface area (Å²) in [5.74, 6) is -0.203. The van der Waals surface area contributed by atoms with Crippen molar-refractivity contribution in [2.24, 2.45) is 5.10 Å². The Labute approximate surface area is 176 Å². The van der Waals surface area contributed by atoms with Crippen molar-refractivity contribution in [2.75, 3.05) is 20.8 Å². The van der Waals surface area contributed by atoms with Gasteiger partial charge < -0.3 is 19.3 Å². The number of phenolic OH excluding ortho intramolecular Hbond substituents is 1. The summed E-state index contributed by atoms with van der Waals surface area (Å²) >= 11 is 3.39. The summed E-state index contributed by atoms with van der Waals surface area (Å²) in [6.45, 7) is 1.55. The topological polar surface area (TPSA) is 126 Å². The fraction of sp³-hybridized carbons (Fsp3) is 0.263. The summed E-state index contributed by atoms with van der Waals surface area (Å²) in [5, 5.41) is 22.8. The van der Waals surface area contributed by atoms with Gasteiger partial charge in [-0.25, -0.2) is 10.4 Å². The minimum Gasteiger partial charge on any atom is -0.504 e. The van der Waals surface area contributed by atoms with E-state index in [-0.39, 0.29) is 36.2 Å². The predicted octanol–water partition coefficient (Wildman–Crippen LogP) is 2.41. The van der Waals surface area contributed by atoms with Crippen LogP contribution >= 0.6 is 15.9 Å².